The zero-order valence-corrected chi connectivity index (χ0v) is 11.0. The van der Waals surface area contributed by atoms with E-state index >= 15 is 0 Å². The molecule has 17 heavy (non-hydrogen) atoms. The van der Waals surface area contributed by atoms with Gasteiger partial charge in [-0.2, -0.15) is 0 Å². The fourth-order valence-electron chi connectivity index (χ4n) is 3.84. The predicted octanol–water partition coefficient (Wildman–Crippen LogP) is 3.32. The molecule has 2 nitrogen and oxygen atoms in total. The van der Waals surface area contributed by atoms with Crippen LogP contribution in [0.25, 0.3) is 0 Å². The summed E-state index contributed by atoms with van der Waals surface area (Å²) in [5.41, 5.74) is 0. The summed E-state index contributed by atoms with van der Waals surface area (Å²) in [4.78, 5) is 12.1. The van der Waals surface area contributed by atoms with Gasteiger partial charge in [0.2, 0.25) is 0 Å². The molecule has 1 N–H and O–H groups in total. The highest BCUT2D eigenvalue weighted by Crippen LogP contribution is 2.38. The fraction of sp³-hybridized carbons (Fsp3) is 0.933. The first-order chi connectivity index (χ1) is 8.24. The molecule has 2 saturated carbocycles. The van der Waals surface area contributed by atoms with Gasteiger partial charge in [-0.1, -0.05) is 32.6 Å². The lowest BCUT2D eigenvalue weighted by atomic mass is 9.69. The highest BCUT2D eigenvalue weighted by atomic mass is 16.3. The van der Waals surface area contributed by atoms with E-state index in [1.165, 1.54) is 19.3 Å². The van der Waals surface area contributed by atoms with Crippen LogP contribution < -0.4 is 0 Å². The second-order valence-corrected chi connectivity index (χ2v) is 5.94. The molecule has 0 saturated heterocycles. The van der Waals surface area contributed by atoms with Gasteiger partial charge in [-0.25, -0.2) is 0 Å². The number of aliphatic hydroxyl groups is 1. The quantitative estimate of drug-likeness (QED) is 0.819. The highest BCUT2D eigenvalue weighted by molar-refractivity contribution is 5.82. The van der Waals surface area contributed by atoms with Crippen molar-refractivity contribution in [3.05, 3.63) is 0 Å². The second-order valence-electron chi connectivity index (χ2n) is 5.94. The Morgan fingerprint density at radius 1 is 1.18 bits per heavy atom. The van der Waals surface area contributed by atoms with E-state index in [9.17, 15) is 9.90 Å². The fourth-order valence-corrected chi connectivity index (χ4v) is 3.84. The molecule has 3 atom stereocenters. The van der Waals surface area contributed by atoms with Gasteiger partial charge in [-0.15, -0.1) is 0 Å². The summed E-state index contributed by atoms with van der Waals surface area (Å²) in [6, 6.07) is 0. The maximum Gasteiger partial charge on any atom is 0.138 e. The lowest BCUT2D eigenvalue weighted by Gasteiger charge is -2.38. The molecule has 0 amide bonds. The number of rotatable bonds is 3. The lowest BCUT2D eigenvalue weighted by molar-refractivity contribution is -0.134. The largest absolute Gasteiger partial charge is 0.392 e. The number of ketones is 1. The van der Waals surface area contributed by atoms with Gasteiger partial charge < -0.3 is 5.11 Å². The molecule has 0 heterocycles. The van der Waals surface area contributed by atoms with Gasteiger partial charge in [0.15, 0.2) is 0 Å². The Balaban J connectivity index is 2.03. The van der Waals surface area contributed by atoms with E-state index in [2.05, 4.69) is 6.92 Å². The first-order valence-electron chi connectivity index (χ1n) is 7.44. The second kappa shape index (κ2) is 5.99. The van der Waals surface area contributed by atoms with Crippen LogP contribution in [0.4, 0.5) is 0 Å². The van der Waals surface area contributed by atoms with Gasteiger partial charge in [0.1, 0.15) is 5.78 Å². The van der Waals surface area contributed by atoms with E-state index in [0.717, 1.165) is 32.1 Å². The molecular weight excluding hydrogens is 212 g/mol. The minimum Gasteiger partial charge on any atom is -0.392 e. The normalized spacial score (nSPS) is 33.6. The Bertz CT molecular complexity index is 256. The summed E-state index contributed by atoms with van der Waals surface area (Å²) in [7, 11) is 0. The van der Waals surface area contributed by atoms with E-state index in [0.29, 0.717) is 24.0 Å². The lowest BCUT2D eigenvalue weighted by Crippen LogP contribution is -2.42. The van der Waals surface area contributed by atoms with Crippen LogP contribution in [0, 0.1) is 17.8 Å². The van der Waals surface area contributed by atoms with Crippen LogP contribution in [-0.2, 0) is 4.79 Å². The maximum absolute atomic E-state index is 12.1. The van der Waals surface area contributed by atoms with Crippen LogP contribution in [-0.4, -0.2) is 17.0 Å². The summed E-state index contributed by atoms with van der Waals surface area (Å²) in [5, 5.41) is 10.5. The van der Waals surface area contributed by atoms with Gasteiger partial charge in [-0.3, -0.25) is 4.79 Å². The molecule has 0 aromatic heterocycles. The standard InChI is InChI=1S/C15H26O2/c1-2-11-9-6-10-13(16)14(11)15(17)12-7-4-3-5-8-12/h11-12,14-15,17H,2-10H2,1H3. The summed E-state index contributed by atoms with van der Waals surface area (Å²) in [5.74, 6) is 1.12. The smallest absolute Gasteiger partial charge is 0.138 e. The molecule has 0 spiro atoms. The number of carbonyl (C=O) groups is 1. The molecule has 98 valence electrons. The average molecular weight is 238 g/mol. The molecule has 2 fully saturated rings. The minimum atomic E-state index is -0.354. The molecule has 0 aromatic rings. The molecule has 2 heteroatoms. The molecular formula is C15H26O2. The number of hydrogen-bond donors (Lipinski definition) is 1. The highest BCUT2D eigenvalue weighted by Gasteiger charge is 2.39. The van der Waals surface area contributed by atoms with Gasteiger partial charge in [0, 0.05) is 12.3 Å². The Labute approximate surface area is 105 Å². The maximum atomic E-state index is 12.1. The van der Waals surface area contributed by atoms with Crippen molar-refractivity contribution in [3.8, 4) is 0 Å². The van der Waals surface area contributed by atoms with Crippen LogP contribution in [0.15, 0.2) is 0 Å². The third kappa shape index (κ3) is 2.90. The number of carbonyl (C=O) groups excluding carboxylic acids is 1. The van der Waals surface area contributed by atoms with Crippen molar-refractivity contribution in [2.45, 2.75) is 70.8 Å². The van der Waals surface area contributed by atoms with Crippen molar-refractivity contribution < 1.29 is 9.90 Å². The predicted molar refractivity (Wildman–Crippen MR) is 68.7 cm³/mol. The summed E-state index contributed by atoms with van der Waals surface area (Å²) in [6.45, 7) is 2.16. The monoisotopic (exact) mass is 238 g/mol. The number of aliphatic hydroxyl groups excluding tert-OH is 1. The summed E-state index contributed by atoms with van der Waals surface area (Å²) in [6.07, 6.45) is 9.58. The van der Waals surface area contributed by atoms with Crippen LogP contribution in [0.2, 0.25) is 0 Å². The molecule has 0 aromatic carbocycles. The molecule has 2 aliphatic rings. The van der Waals surface area contributed by atoms with Crippen molar-refractivity contribution in [2.24, 2.45) is 17.8 Å². The zero-order chi connectivity index (χ0) is 12.3. The van der Waals surface area contributed by atoms with Crippen molar-refractivity contribution in [2.75, 3.05) is 0 Å². The first-order valence-corrected chi connectivity index (χ1v) is 7.44. The summed E-state index contributed by atoms with van der Waals surface area (Å²) < 4.78 is 0. The molecule has 0 bridgehead atoms. The van der Waals surface area contributed by atoms with Gasteiger partial charge >= 0.3 is 0 Å². The Hall–Kier alpha value is -0.370. The van der Waals surface area contributed by atoms with Gasteiger partial charge in [0.05, 0.1) is 6.10 Å². The van der Waals surface area contributed by atoms with Gasteiger partial charge in [-0.05, 0) is 37.5 Å². The SMILES string of the molecule is CCC1CCCC(=O)C1C(O)C1CCCCC1. The third-order valence-electron chi connectivity index (χ3n) is 4.90. The first kappa shape index (κ1) is 13.1. The molecule has 3 unspecified atom stereocenters. The zero-order valence-electron chi connectivity index (χ0n) is 11.0. The van der Waals surface area contributed by atoms with Crippen LogP contribution in [0.1, 0.15) is 64.7 Å². The Kier molecular flexibility index (Phi) is 4.61. The van der Waals surface area contributed by atoms with Crippen LogP contribution in [0.3, 0.4) is 0 Å². The molecule has 2 rings (SSSR count). The Morgan fingerprint density at radius 2 is 1.88 bits per heavy atom. The van der Waals surface area contributed by atoms with Crippen LogP contribution in [0.5, 0.6) is 0 Å². The van der Waals surface area contributed by atoms with E-state index in [1.807, 2.05) is 0 Å². The minimum absolute atomic E-state index is 0.0446. The third-order valence-corrected chi connectivity index (χ3v) is 4.90. The van der Waals surface area contributed by atoms with Crippen LogP contribution >= 0.6 is 0 Å². The number of Topliss-reactive ketones (excluding diaryl/α,β-unsaturated/α-hetero) is 1. The molecule has 0 radical (unpaired) electrons. The van der Waals surface area contributed by atoms with E-state index < -0.39 is 0 Å². The average Bonchev–Trinajstić information content (AvgIpc) is 2.38. The summed E-state index contributed by atoms with van der Waals surface area (Å²) >= 11 is 0. The van der Waals surface area contributed by atoms with Crippen molar-refractivity contribution >= 4 is 5.78 Å². The molecule has 2 aliphatic carbocycles. The van der Waals surface area contributed by atoms with E-state index in [-0.39, 0.29) is 12.0 Å². The number of hydrogen-bond acceptors (Lipinski definition) is 2. The van der Waals surface area contributed by atoms with Crippen molar-refractivity contribution in [3.63, 3.8) is 0 Å². The Morgan fingerprint density at radius 3 is 2.53 bits per heavy atom. The molecule has 0 aliphatic heterocycles. The van der Waals surface area contributed by atoms with E-state index in [1.54, 1.807) is 0 Å². The van der Waals surface area contributed by atoms with Crippen molar-refractivity contribution in [1.82, 2.24) is 0 Å². The van der Waals surface area contributed by atoms with E-state index in [4.69, 9.17) is 0 Å². The van der Waals surface area contributed by atoms with Crippen molar-refractivity contribution in [1.29, 1.82) is 0 Å². The topological polar surface area (TPSA) is 37.3 Å². The van der Waals surface area contributed by atoms with Gasteiger partial charge in [0.25, 0.3) is 0 Å².